The number of fused-ring (bicyclic) bond motifs is 1. The van der Waals surface area contributed by atoms with Crippen LogP contribution in [0.4, 0.5) is 5.69 Å². The van der Waals surface area contributed by atoms with Gasteiger partial charge in [-0.1, -0.05) is 12.1 Å². The number of amides is 1. The molecule has 5 nitrogen and oxygen atoms in total. The minimum atomic E-state index is -0.0561. The normalized spacial score (nSPS) is 16.1. The first-order valence-corrected chi connectivity index (χ1v) is 10.3. The molecule has 1 N–H and O–H groups in total. The summed E-state index contributed by atoms with van der Waals surface area (Å²) in [5, 5.41) is 5.49. The number of benzene rings is 1. The summed E-state index contributed by atoms with van der Waals surface area (Å²) < 4.78 is 10.7. The lowest BCUT2D eigenvalue weighted by molar-refractivity contribution is -0.137. The second kappa shape index (κ2) is 8.20. The molecule has 0 aliphatic carbocycles. The van der Waals surface area contributed by atoms with Crippen molar-refractivity contribution in [1.82, 2.24) is 4.90 Å². The Balaban J connectivity index is 1.54. The lowest BCUT2D eigenvalue weighted by Crippen LogP contribution is -2.41. The van der Waals surface area contributed by atoms with Crippen LogP contribution in [-0.2, 0) is 22.5 Å². The fourth-order valence-corrected chi connectivity index (χ4v) is 4.61. The number of nitrogens with zero attached hydrogens (tertiary/aromatic N) is 1. The van der Waals surface area contributed by atoms with E-state index in [0.717, 1.165) is 35.7 Å². The molecule has 0 bridgehead atoms. The zero-order chi connectivity index (χ0) is 19.5. The molecule has 1 amide bonds. The molecular weight excluding hydrogens is 372 g/mol. The van der Waals surface area contributed by atoms with Crippen molar-refractivity contribution in [2.75, 3.05) is 25.6 Å². The number of carbonyl (C=O) groups excluding carboxylic acids is 1. The molecule has 1 aliphatic rings. The average molecular weight is 397 g/mol. The Morgan fingerprint density at radius 2 is 2.07 bits per heavy atom. The largest absolute Gasteiger partial charge is 0.465 e. The van der Waals surface area contributed by atoms with E-state index in [-0.39, 0.29) is 18.6 Å². The van der Waals surface area contributed by atoms with E-state index in [1.165, 1.54) is 10.4 Å². The molecule has 0 spiro atoms. The quantitative estimate of drug-likeness (QED) is 0.672. The molecule has 0 saturated carbocycles. The summed E-state index contributed by atoms with van der Waals surface area (Å²) >= 11 is 1.77. The van der Waals surface area contributed by atoms with E-state index < -0.39 is 0 Å². The van der Waals surface area contributed by atoms with Crippen molar-refractivity contribution in [3.05, 3.63) is 75.4 Å². The molecule has 1 aromatic carbocycles. The van der Waals surface area contributed by atoms with Crippen LogP contribution in [0.3, 0.4) is 0 Å². The van der Waals surface area contributed by atoms with Gasteiger partial charge in [0.2, 0.25) is 5.91 Å². The van der Waals surface area contributed by atoms with Gasteiger partial charge in [0.05, 0.1) is 12.6 Å². The Morgan fingerprint density at radius 1 is 1.25 bits per heavy atom. The smallest absolute Gasteiger partial charge is 0.249 e. The molecule has 1 unspecified atom stereocenters. The summed E-state index contributed by atoms with van der Waals surface area (Å²) in [6, 6.07) is 14.3. The molecule has 0 fully saturated rings. The highest BCUT2D eigenvalue weighted by atomic mass is 32.1. The summed E-state index contributed by atoms with van der Waals surface area (Å²) in [7, 11) is 1.56. The first-order valence-electron chi connectivity index (χ1n) is 9.39. The third-order valence-corrected chi connectivity index (χ3v) is 6.04. The number of anilines is 1. The number of carbonyl (C=O) groups is 1. The minimum absolute atomic E-state index is 0.0275. The number of methoxy groups -OCH3 is 1. The maximum Gasteiger partial charge on any atom is 0.249 e. The van der Waals surface area contributed by atoms with E-state index in [0.29, 0.717) is 6.54 Å². The Labute approximate surface area is 168 Å². The topological polar surface area (TPSA) is 54.7 Å². The van der Waals surface area contributed by atoms with Crippen LogP contribution in [0.25, 0.3) is 0 Å². The van der Waals surface area contributed by atoms with E-state index in [1.807, 2.05) is 24.0 Å². The monoisotopic (exact) mass is 396 g/mol. The van der Waals surface area contributed by atoms with E-state index >= 15 is 0 Å². The van der Waals surface area contributed by atoms with Gasteiger partial charge in [0.15, 0.2) is 0 Å². The Kier molecular flexibility index (Phi) is 5.50. The summed E-state index contributed by atoms with van der Waals surface area (Å²) in [6.07, 6.45) is 0.904. The zero-order valence-electron chi connectivity index (χ0n) is 16.1. The van der Waals surface area contributed by atoms with Gasteiger partial charge in [-0.2, -0.15) is 0 Å². The second-order valence-electron chi connectivity index (χ2n) is 6.96. The maximum atomic E-state index is 12.6. The van der Waals surface area contributed by atoms with Crippen LogP contribution in [0.15, 0.2) is 52.3 Å². The lowest BCUT2D eigenvalue weighted by atomic mass is 9.93. The second-order valence-corrected chi connectivity index (χ2v) is 7.96. The number of aryl methyl sites for hydroxylation is 1. The van der Waals surface area contributed by atoms with Crippen LogP contribution in [0.5, 0.6) is 0 Å². The number of nitrogens with one attached hydrogen (secondary N) is 1. The molecular formula is C22H24N2O3S. The molecule has 1 atom stereocenters. The molecule has 0 radical (unpaired) electrons. The fraction of sp³-hybridized carbons (Fsp3) is 0.318. The molecule has 3 heterocycles. The van der Waals surface area contributed by atoms with Gasteiger partial charge in [0.25, 0.3) is 0 Å². The van der Waals surface area contributed by atoms with Gasteiger partial charge in [0.1, 0.15) is 18.1 Å². The zero-order valence-corrected chi connectivity index (χ0v) is 16.9. The Morgan fingerprint density at radius 3 is 2.79 bits per heavy atom. The molecule has 1 aliphatic heterocycles. The number of hydrogen-bond donors (Lipinski definition) is 1. The first kappa shape index (κ1) is 18.8. The van der Waals surface area contributed by atoms with Gasteiger partial charge in [-0.25, -0.2) is 0 Å². The number of furan rings is 1. The highest BCUT2D eigenvalue weighted by Crippen LogP contribution is 2.38. The van der Waals surface area contributed by atoms with Crippen molar-refractivity contribution in [2.45, 2.75) is 25.9 Å². The van der Waals surface area contributed by atoms with Gasteiger partial charge in [-0.15, -0.1) is 11.3 Å². The van der Waals surface area contributed by atoms with Crippen LogP contribution < -0.4 is 5.32 Å². The van der Waals surface area contributed by atoms with Crippen LogP contribution in [0.1, 0.15) is 33.6 Å². The number of rotatable bonds is 6. The van der Waals surface area contributed by atoms with Crippen LogP contribution in [0.2, 0.25) is 0 Å². The van der Waals surface area contributed by atoms with Crippen molar-refractivity contribution in [2.24, 2.45) is 0 Å². The van der Waals surface area contributed by atoms with E-state index in [1.54, 1.807) is 18.4 Å². The van der Waals surface area contributed by atoms with E-state index in [2.05, 4.69) is 41.0 Å². The third-order valence-electron chi connectivity index (χ3n) is 5.04. The van der Waals surface area contributed by atoms with Crippen molar-refractivity contribution in [1.29, 1.82) is 0 Å². The standard InChI is InChI=1S/C22H24N2O3S/c1-15-3-8-18(27-15)13-23-17-6-4-16(5-7-17)22-19-10-12-28-20(19)9-11-24(22)21(25)14-26-2/h3-8,10,12,22-23H,9,11,13-14H2,1-2H3. The van der Waals surface area contributed by atoms with Crippen LogP contribution >= 0.6 is 11.3 Å². The highest BCUT2D eigenvalue weighted by Gasteiger charge is 2.32. The molecule has 0 saturated heterocycles. The Hall–Kier alpha value is -2.57. The molecule has 28 heavy (non-hydrogen) atoms. The van der Waals surface area contributed by atoms with Crippen molar-refractivity contribution in [3.63, 3.8) is 0 Å². The van der Waals surface area contributed by atoms with Gasteiger partial charge >= 0.3 is 0 Å². The summed E-state index contributed by atoms with van der Waals surface area (Å²) in [6.45, 7) is 3.41. The lowest BCUT2D eigenvalue weighted by Gasteiger charge is -2.36. The SMILES string of the molecule is COCC(=O)N1CCc2sccc2C1c1ccc(NCc2ccc(C)o2)cc1. The van der Waals surface area contributed by atoms with E-state index in [4.69, 9.17) is 9.15 Å². The van der Waals surface area contributed by atoms with Gasteiger partial charge in [0, 0.05) is 24.2 Å². The van der Waals surface area contributed by atoms with Crippen molar-refractivity contribution in [3.8, 4) is 0 Å². The molecule has 3 aromatic rings. The number of ether oxygens (including phenoxy) is 1. The van der Waals surface area contributed by atoms with Crippen molar-refractivity contribution >= 4 is 22.9 Å². The number of thiophene rings is 1. The molecule has 146 valence electrons. The predicted molar refractivity (Wildman–Crippen MR) is 111 cm³/mol. The average Bonchev–Trinajstić information content (AvgIpc) is 3.35. The summed E-state index contributed by atoms with van der Waals surface area (Å²) in [5.41, 5.74) is 3.37. The predicted octanol–water partition coefficient (Wildman–Crippen LogP) is 4.38. The minimum Gasteiger partial charge on any atom is -0.465 e. The highest BCUT2D eigenvalue weighted by molar-refractivity contribution is 7.10. The molecule has 6 heteroatoms. The van der Waals surface area contributed by atoms with Gasteiger partial charge < -0.3 is 19.4 Å². The van der Waals surface area contributed by atoms with Gasteiger partial charge in [-0.05, 0) is 60.2 Å². The van der Waals surface area contributed by atoms with Crippen LogP contribution in [0, 0.1) is 6.92 Å². The molecule has 4 rings (SSSR count). The van der Waals surface area contributed by atoms with Crippen LogP contribution in [-0.4, -0.2) is 31.1 Å². The van der Waals surface area contributed by atoms with E-state index in [9.17, 15) is 4.79 Å². The third kappa shape index (κ3) is 3.84. The summed E-state index contributed by atoms with van der Waals surface area (Å²) in [5.74, 6) is 1.85. The fourth-order valence-electron chi connectivity index (χ4n) is 3.70. The maximum absolute atomic E-state index is 12.6. The number of hydrogen-bond acceptors (Lipinski definition) is 5. The van der Waals surface area contributed by atoms with Gasteiger partial charge in [-0.3, -0.25) is 4.79 Å². The Bertz CT molecular complexity index is 945. The first-order chi connectivity index (χ1) is 13.7. The summed E-state index contributed by atoms with van der Waals surface area (Å²) in [4.78, 5) is 15.9. The molecule has 2 aromatic heterocycles. The van der Waals surface area contributed by atoms with Crippen molar-refractivity contribution < 1.29 is 13.9 Å².